The molecule has 9 aromatic rings. The van der Waals surface area contributed by atoms with Crippen molar-refractivity contribution in [2.45, 2.75) is 118 Å². The summed E-state index contributed by atoms with van der Waals surface area (Å²) in [5, 5.41) is 12.8. The maximum absolute atomic E-state index is 12.8. The Hall–Kier alpha value is -7.04. The van der Waals surface area contributed by atoms with Crippen LogP contribution in [-0.4, -0.2) is 19.6 Å². The average Bonchev–Trinajstić information content (AvgIpc) is 3.58. The number of aromatic nitrogens is 3. The minimum absolute atomic E-state index is 0.0227. The van der Waals surface area contributed by atoms with E-state index < -0.39 is 54.4 Å². The van der Waals surface area contributed by atoms with Crippen LogP contribution in [0.25, 0.3) is 83.9 Å². The Morgan fingerprint density at radius 2 is 1.09 bits per heavy atom. The van der Waals surface area contributed by atoms with Gasteiger partial charge < -0.3 is 5.11 Å². The Labute approximate surface area is 432 Å². The van der Waals surface area contributed by atoms with Crippen LogP contribution in [0.5, 0.6) is 5.75 Å². The fraction of sp³-hybridized carbons (Fsp3) is 0.273. The van der Waals surface area contributed by atoms with Gasteiger partial charge in [0.2, 0.25) is 0 Å². The molecule has 7 aromatic carbocycles. The maximum Gasteiger partial charge on any atom is 0.149 e. The summed E-state index contributed by atoms with van der Waals surface area (Å²) < 4.78 is 102. The second-order valence-corrected chi connectivity index (χ2v) is 21.3. The van der Waals surface area contributed by atoms with E-state index in [2.05, 4.69) is 77.3 Å². The molecule has 0 saturated heterocycles. The number of hydrogen-bond acceptors (Lipinski definition) is 3. The molecule has 0 fully saturated rings. The molecule has 1 N–H and O–H groups in total. The SMILES string of the molecule is [2H]c1c(-c2cc(-c3ccc(-c4ccccc4)cc3)ccn2)cc(-c2cccc3c2nc(-c2cc(C(C)(C)C)cc(C(C)(C)C)c2O)n3-c2c(C(C)C)cc(-c3ccccc3)cc2C(C)C)c([2H])c1C(C([2H])([2H])[2H])(C([2H])([2H])[2H])C([2H])([2H])[2H]. The Morgan fingerprint density at radius 3 is 1.66 bits per heavy atom. The number of aromatic hydroxyl groups is 1. The van der Waals surface area contributed by atoms with E-state index in [1.165, 1.54) is 12.3 Å². The van der Waals surface area contributed by atoms with Gasteiger partial charge in [-0.05, 0) is 138 Å². The summed E-state index contributed by atoms with van der Waals surface area (Å²) in [6.45, 7) is 9.54. The largest absolute Gasteiger partial charge is 0.507 e. The van der Waals surface area contributed by atoms with Gasteiger partial charge in [-0.3, -0.25) is 9.55 Å². The molecule has 354 valence electrons. The molecule has 0 aliphatic rings. The summed E-state index contributed by atoms with van der Waals surface area (Å²) in [5.41, 5.74) is 5.68. The Balaban J connectivity index is 1.44. The molecule has 2 heterocycles. The van der Waals surface area contributed by atoms with Gasteiger partial charge >= 0.3 is 0 Å². The van der Waals surface area contributed by atoms with Crippen molar-refractivity contribution in [2.75, 3.05) is 0 Å². The Morgan fingerprint density at radius 1 is 0.514 bits per heavy atom. The lowest BCUT2D eigenvalue weighted by atomic mass is 9.78. The number of benzene rings is 7. The van der Waals surface area contributed by atoms with Crippen molar-refractivity contribution in [1.29, 1.82) is 0 Å². The first-order valence-corrected chi connectivity index (χ1v) is 24.2. The van der Waals surface area contributed by atoms with E-state index >= 15 is 0 Å². The lowest BCUT2D eigenvalue weighted by Crippen LogP contribution is -2.17. The number of imidazole rings is 1. The van der Waals surface area contributed by atoms with Gasteiger partial charge in [0.1, 0.15) is 11.6 Å². The number of pyridine rings is 1. The maximum atomic E-state index is 12.8. The molecule has 2 aromatic heterocycles. The molecule has 0 unspecified atom stereocenters. The van der Waals surface area contributed by atoms with Gasteiger partial charge in [0, 0.05) is 35.2 Å². The fourth-order valence-electron chi connectivity index (χ4n) is 9.38. The summed E-state index contributed by atoms with van der Waals surface area (Å²) >= 11 is 0. The van der Waals surface area contributed by atoms with Crippen molar-refractivity contribution in [3.05, 3.63) is 192 Å². The first kappa shape index (κ1) is 36.0. The zero-order valence-corrected chi connectivity index (χ0v) is 41.9. The molecule has 0 saturated carbocycles. The fourth-order valence-corrected chi connectivity index (χ4v) is 9.38. The Bertz CT molecular complexity index is 3760. The van der Waals surface area contributed by atoms with E-state index in [1.54, 1.807) is 24.3 Å². The lowest BCUT2D eigenvalue weighted by molar-refractivity contribution is 0.446. The number of phenolic OH excluding ortho intramolecular Hbond substituents is 1. The number of fused-ring (bicyclic) bond motifs is 1. The number of para-hydroxylation sites is 1. The highest BCUT2D eigenvalue weighted by Gasteiger charge is 2.31. The van der Waals surface area contributed by atoms with Crippen LogP contribution in [0.3, 0.4) is 0 Å². The average molecular weight is 931 g/mol. The third-order valence-electron chi connectivity index (χ3n) is 13.3. The highest BCUT2D eigenvalue weighted by atomic mass is 16.3. The summed E-state index contributed by atoms with van der Waals surface area (Å²) in [5.74, 6) is 0.277. The van der Waals surface area contributed by atoms with Gasteiger partial charge in [-0.15, -0.1) is 0 Å². The predicted octanol–water partition coefficient (Wildman–Crippen LogP) is 18.3. The van der Waals surface area contributed by atoms with Crippen LogP contribution in [0.2, 0.25) is 0 Å². The Kier molecular flexibility index (Phi) is 9.44. The van der Waals surface area contributed by atoms with Gasteiger partial charge in [-0.25, -0.2) is 4.98 Å². The molecule has 0 aliphatic carbocycles. The summed E-state index contributed by atoms with van der Waals surface area (Å²) in [4.78, 5) is 10.2. The number of hydrogen-bond donors (Lipinski definition) is 1. The molecule has 70 heavy (non-hydrogen) atoms. The van der Waals surface area contributed by atoms with Crippen LogP contribution >= 0.6 is 0 Å². The van der Waals surface area contributed by atoms with Gasteiger partial charge in [0.15, 0.2) is 0 Å². The van der Waals surface area contributed by atoms with Crippen LogP contribution in [0.15, 0.2) is 164 Å². The van der Waals surface area contributed by atoms with Crippen molar-refractivity contribution >= 4 is 11.0 Å². The van der Waals surface area contributed by atoms with Crippen LogP contribution < -0.4 is 0 Å². The highest BCUT2D eigenvalue weighted by molar-refractivity contribution is 5.97. The van der Waals surface area contributed by atoms with E-state index in [0.29, 0.717) is 28.0 Å². The van der Waals surface area contributed by atoms with Gasteiger partial charge in [0.05, 0.1) is 30.7 Å². The van der Waals surface area contributed by atoms with Gasteiger partial charge in [-0.1, -0.05) is 199 Å². The number of rotatable bonds is 9. The van der Waals surface area contributed by atoms with Crippen molar-refractivity contribution in [3.63, 3.8) is 0 Å². The van der Waals surface area contributed by atoms with Crippen molar-refractivity contribution in [2.24, 2.45) is 0 Å². The van der Waals surface area contributed by atoms with Crippen LogP contribution in [0.4, 0.5) is 0 Å². The second kappa shape index (κ2) is 18.4. The summed E-state index contributed by atoms with van der Waals surface area (Å²) in [6, 6.07) is 45.0. The zero-order valence-electron chi connectivity index (χ0n) is 52.9. The molecule has 0 radical (unpaired) electrons. The predicted molar refractivity (Wildman–Crippen MR) is 297 cm³/mol. The van der Waals surface area contributed by atoms with Crippen molar-refractivity contribution < 1.29 is 20.2 Å². The molecule has 0 aliphatic heterocycles. The molecule has 9 rings (SSSR count). The molecular weight excluding hydrogens is 851 g/mol. The standard InChI is InChI=1S/C66H69N3O/c1-41(2)54-36-48(44-23-18-15-19-24-44)37-55(42(3)4)61(54)69-59-26-20-25-53(60(59)68-63(69)56-39-52(65(8,9)10)40-57(62(56)70)66(11,12)13)49-33-50(35-51(34-49)64(5,6)7)58-38-47(31-32-67-58)46-29-27-45(28-30-46)43-21-16-14-17-22-43/h14-42,70H,1-13H3/i5D3,6D3,7D3,34D,35D. The third kappa shape index (κ3) is 9.37. The number of phenols is 1. The van der Waals surface area contributed by atoms with Gasteiger partial charge in [0.25, 0.3) is 0 Å². The highest BCUT2D eigenvalue weighted by Crippen LogP contribution is 2.47. The van der Waals surface area contributed by atoms with Crippen molar-refractivity contribution in [3.8, 4) is 78.6 Å². The summed E-state index contributed by atoms with van der Waals surface area (Å²) in [7, 11) is 0. The molecule has 0 atom stereocenters. The van der Waals surface area contributed by atoms with E-state index in [4.69, 9.17) is 22.3 Å². The quantitative estimate of drug-likeness (QED) is 0.157. The smallest absolute Gasteiger partial charge is 0.149 e. The third-order valence-corrected chi connectivity index (χ3v) is 13.3. The van der Waals surface area contributed by atoms with Crippen LogP contribution in [-0.2, 0) is 16.2 Å². The normalized spacial score (nSPS) is 15.2. The molecule has 4 heteroatoms. The summed E-state index contributed by atoms with van der Waals surface area (Å²) in [6.07, 6.45) is 1.52. The van der Waals surface area contributed by atoms with Crippen molar-refractivity contribution in [1.82, 2.24) is 14.5 Å². The van der Waals surface area contributed by atoms with E-state index in [1.807, 2.05) is 112 Å². The zero-order chi connectivity index (χ0) is 59.1. The van der Waals surface area contributed by atoms with E-state index in [9.17, 15) is 7.85 Å². The van der Waals surface area contributed by atoms with E-state index in [0.717, 1.165) is 50.2 Å². The minimum atomic E-state index is -3.81. The minimum Gasteiger partial charge on any atom is -0.507 e. The monoisotopic (exact) mass is 931 g/mol. The van der Waals surface area contributed by atoms with Crippen LogP contribution in [0.1, 0.15) is 145 Å². The first-order valence-electron chi connectivity index (χ1n) is 29.7. The number of nitrogens with zero attached hydrogens (tertiary/aromatic N) is 3. The molecule has 0 spiro atoms. The molecule has 0 amide bonds. The second-order valence-electron chi connectivity index (χ2n) is 21.3. The topological polar surface area (TPSA) is 50.9 Å². The lowest BCUT2D eigenvalue weighted by Gasteiger charge is -2.28. The van der Waals surface area contributed by atoms with E-state index in [-0.39, 0.29) is 45.5 Å². The van der Waals surface area contributed by atoms with Gasteiger partial charge in [-0.2, -0.15) is 0 Å². The molecule has 4 nitrogen and oxygen atoms in total. The first-order chi connectivity index (χ1) is 37.8. The van der Waals surface area contributed by atoms with Crippen LogP contribution in [0, 0.1) is 0 Å². The molecular formula is C66H69N3O. The molecule has 0 bridgehead atoms.